The zero-order valence-corrected chi connectivity index (χ0v) is 11.5. The number of Topliss-reactive ketones (excluding diaryl/α,β-unsaturated/α-hetero) is 1. The Morgan fingerprint density at radius 3 is 2.95 bits per heavy atom. The number of hydrogen-bond donors (Lipinski definition) is 1. The van der Waals surface area contributed by atoms with E-state index in [0.717, 1.165) is 36.9 Å². The van der Waals surface area contributed by atoms with Crippen LogP contribution >= 0.6 is 0 Å². The Labute approximate surface area is 113 Å². The molecule has 100 valence electrons. The normalized spacial score (nSPS) is 19.3. The molecule has 0 radical (unpaired) electrons. The largest absolute Gasteiger partial charge is 0.495 e. The van der Waals surface area contributed by atoms with Gasteiger partial charge in [0.2, 0.25) is 0 Å². The number of methoxy groups -OCH3 is 1. The van der Waals surface area contributed by atoms with Crippen LogP contribution in [-0.2, 0) is 11.2 Å². The molecule has 3 heteroatoms. The lowest BCUT2D eigenvalue weighted by Gasteiger charge is -2.08. The molecule has 1 N–H and O–H groups in total. The van der Waals surface area contributed by atoms with Gasteiger partial charge in [-0.15, -0.1) is 0 Å². The van der Waals surface area contributed by atoms with Crippen molar-refractivity contribution in [3.8, 4) is 5.75 Å². The minimum atomic E-state index is 0.213. The Balaban J connectivity index is 2.00. The zero-order valence-electron chi connectivity index (χ0n) is 11.5. The lowest BCUT2D eigenvalue weighted by atomic mass is 9.96. The van der Waals surface area contributed by atoms with Crippen LogP contribution in [0.1, 0.15) is 30.4 Å². The number of H-pyrrole nitrogens is 1. The highest BCUT2D eigenvalue weighted by Crippen LogP contribution is 2.32. The number of hydrogen-bond acceptors (Lipinski definition) is 2. The quantitative estimate of drug-likeness (QED) is 0.915. The predicted molar refractivity (Wildman–Crippen MR) is 75.6 cm³/mol. The lowest BCUT2D eigenvalue weighted by Crippen LogP contribution is -2.09. The zero-order chi connectivity index (χ0) is 13.4. The van der Waals surface area contributed by atoms with E-state index < -0.39 is 0 Å². The van der Waals surface area contributed by atoms with Crippen LogP contribution in [0.2, 0.25) is 0 Å². The van der Waals surface area contributed by atoms with Gasteiger partial charge in [-0.2, -0.15) is 0 Å². The molecule has 1 atom stereocenters. The first-order valence-electron chi connectivity index (χ1n) is 6.86. The number of aromatic amines is 1. The lowest BCUT2D eigenvalue weighted by molar-refractivity contribution is -0.120. The second-order valence-corrected chi connectivity index (χ2v) is 5.46. The predicted octanol–water partition coefficient (Wildman–Crippen LogP) is 3.40. The number of aryl methyl sites for hydroxylation is 1. The van der Waals surface area contributed by atoms with Gasteiger partial charge in [-0.3, -0.25) is 4.79 Å². The number of aromatic nitrogens is 1. The molecular formula is C16H19NO2. The topological polar surface area (TPSA) is 42.1 Å². The molecule has 1 fully saturated rings. The molecule has 1 heterocycles. The summed E-state index contributed by atoms with van der Waals surface area (Å²) in [6.45, 7) is 2.07. The molecule has 1 saturated carbocycles. The second-order valence-electron chi connectivity index (χ2n) is 5.46. The van der Waals surface area contributed by atoms with Crippen LogP contribution < -0.4 is 4.74 Å². The summed E-state index contributed by atoms with van der Waals surface area (Å²) in [7, 11) is 1.69. The van der Waals surface area contributed by atoms with Crippen molar-refractivity contribution in [2.24, 2.45) is 5.92 Å². The fourth-order valence-electron chi connectivity index (χ4n) is 3.09. The van der Waals surface area contributed by atoms with Gasteiger partial charge < -0.3 is 9.72 Å². The van der Waals surface area contributed by atoms with Crippen molar-refractivity contribution in [3.63, 3.8) is 0 Å². The Morgan fingerprint density at radius 1 is 1.42 bits per heavy atom. The monoisotopic (exact) mass is 257 g/mol. The molecular weight excluding hydrogens is 238 g/mol. The van der Waals surface area contributed by atoms with Gasteiger partial charge in [-0.05, 0) is 49.4 Å². The Kier molecular flexibility index (Phi) is 3.05. The maximum Gasteiger partial charge on any atom is 0.143 e. The molecule has 1 aliphatic rings. The van der Waals surface area contributed by atoms with E-state index in [1.165, 1.54) is 16.5 Å². The molecule has 1 aromatic carbocycles. The third kappa shape index (κ3) is 2.14. The molecule has 0 bridgehead atoms. The molecule has 1 aromatic heterocycles. The van der Waals surface area contributed by atoms with Gasteiger partial charge in [0.05, 0.1) is 12.6 Å². The molecule has 1 unspecified atom stereocenters. The van der Waals surface area contributed by atoms with E-state index in [2.05, 4.69) is 18.0 Å². The van der Waals surface area contributed by atoms with Crippen LogP contribution in [0.25, 0.3) is 10.9 Å². The van der Waals surface area contributed by atoms with Gasteiger partial charge in [0.1, 0.15) is 11.5 Å². The summed E-state index contributed by atoms with van der Waals surface area (Å²) < 4.78 is 5.41. The highest BCUT2D eigenvalue weighted by Gasteiger charge is 2.25. The van der Waals surface area contributed by atoms with Crippen molar-refractivity contribution in [2.45, 2.75) is 32.6 Å². The highest BCUT2D eigenvalue weighted by molar-refractivity contribution is 5.90. The van der Waals surface area contributed by atoms with E-state index in [1.807, 2.05) is 12.3 Å². The first kappa shape index (κ1) is 12.3. The van der Waals surface area contributed by atoms with Crippen LogP contribution in [0.4, 0.5) is 0 Å². The van der Waals surface area contributed by atoms with E-state index in [4.69, 9.17) is 4.74 Å². The summed E-state index contributed by atoms with van der Waals surface area (Å²) >= 11 is 0. The third-order valence-corrected chi connectivity index (χ3v) is 4.10. The summed E-state index contributed by atoms with van der Waals surface area (Å²) in [6, 6.07) is 4.20. The van der Waals surface area contributed by atoms with Crippen molar-refractivity contribution >= 4 is 16.7 Å². The van der Waals surface area contributed by atoms with Crippen molar-refractivity contribution in [1.29, 1.82) is 0 Å². The molecule has 0 spiro atoms. The maximum absolute atomic E-state index is 11.8. The molecule has 0 saturated heterocycles. The Bertz CT molecular complexity index is 627. The number of nitrogens with one attached hydrogen (secondary N) is 1. The first-order chi connectivity index (χ1) is 9.19. The van der Waals surface area contributed by atoms with Gasteiger partial charge in [-0.1, -0.05) is 0 Å². The van der Waals surface area contributed by atoms with Gasteiger partial charge in [-0.25, -0.2) is 0 Å². The van der Waals surface area contributed by atoms with Crippen LogP contribution in [0.5, 0.6) is 5.75 Å². The van der Waals surface area contributed by atoms with Crippen LogP contribution in [0, 0.1) is 12.8 Å². The first-order valence-corrected chi connectivity index (χ1v) is 6.86. The van der Waals surface area contributed by atoms with Crippen molar-refractivity contribution in [1.82, 2.24) is 4.98 Å². The Hall–Kier alpha value is -1.77. The molecule has 0 aliphatic heterocycles. The van der Waals surface area contributed by atoms with Gasteiger partial charge in [0.25, 0.3) is 0 Å². The van der Waals surface area contributed by atoms with E-state index in [1.54, 1.807) is 7.11 Å². The number of carbonyl (C=O) groups is 1. The Morgan fingerprint density at radius 2 is 2.26 bits per heavy atom. The number of ether oxygens (including phenoxy) is 1. The van der Waals surface area contributed by atoms with E-state index >= 15 is 0 Å². The number of carbonyl (C=O) groups excluding carboxylic acids is 1. The summed E-state index contributed by atoms with van der Waals surface area (Å²) in [6.07, 6.45) is 5.72. The van der Waals surface area contributed by atoms with Crippen molar-refractivity contribution in [3.05, 3.63) is 29.5 Å². The average Bonchev–Trinajstić information content (AvgIpc) is 2.97. The number of rotatable bonds is 3. The van der Waals surface area contributed by atoms with Gasteiger partial charge >= 0.3 is 0 Å². The summed E-state index contributed by atoms with van der Waals surface area (Å²) in [5.41, 5.74) is 3.45. The molecule has 3 rings (SSSR count). The fraction of sp³-hybridized carbons (Fsp3) is 0.438. The smallest absolute Gasteiger partial charge is 0.143 e. The maximum atomic E-state index is 11.8. The minimum absolute atomic E-state index is 0.213. The highest BCUT2D eigenvalue weighted by atomic mass is 16.5. The summed E-state index contributed by atoms with van der Waals surface area (Å²) in [5, 5.41) is 1.19. The number of fused-ring (bicyclic) bond motifs is 1. The number of ketones is 1. The standard InChI is InChI=1S/C16H19NO2/c1-10-6-13-12(8-11-4-3-5-14(11)18)9-17-16(13)15(7-10)19-2/h6-7,9,11,17H,3-5,8H2,1-2H3. The summed E-state index contributed by atoms with van der Waals surface area (Å²) in [4.78, 5) is 15.1. The second kappa shape index (κ2) is 4.72. The van der Waals surface area contributed by atoms with E-state index in [-0.39, 0.29) is 5.92 Å². The van der Waals surface area contributed by atoms with Gasteiger partial charge in [0, 0.05) is 23.9 Å². The van der Waals surface area contributed by atoms with Crippen LogP contribution in [0.15, 0.2) is 18.3 Å². The fourth-order valence-corrected chi connectivity index (χ4v) is 3.09. The summed E-state index contributed by atoms with van der Waals surface area (Å²) in [5.74, 6) is 1.51. The SMILES string of the molecule is COc1cc(C)cc2c(CC3CCCC3=O)c[nH]c12. The van der Waals surface area contributed by atoms with Crippen LogP contribution in [0.3, 0.4) is 0 Å². The molecule has 0 amide bonds. The average molecular weight is 257 g/mol. The molecule has 3 nitrogen and oxygen atoms in total. The third-order valence-electron chi connectivity index (χ3n) is 4.10. The molecule has 1 aliphatic carbocycles. The van der Waals surface area contributed by atoms with E-state index in [9.17, 15) is 4.79 Å². The van der Waals surface area contributed by atoms with E-state index in [0.29, 0.717) is 5.78 Å². The van der Waals surface area contributed by atoms with Crippen molar-refractivity contribution < 1.29 is 9.53 Å². The minimum Gasteiger partial charge on any atom is -0.495 e. The van der Waals surface area contributed by atoms with Crippen LogP contribution in [-0.4, -0.2) is 17.9 Å². The molecule has 2 aromatic rings. The van der Waals surface area contributed by atoms with Crippen molar-refractivity contribution in [2.75, 3.05) is 7.11 Å². The number of benzene rings is 1. The van der Waals surface area contributed by atoms with Gasteiger partial charge in [0.15, 0.2) is 0 Å². The molecule has 19 heavy (non-hydrogen) atoms.